The second-order valence-electron chi connectivity index (χ2n) is 7.82. The molecule has 3 aromatic carbocycles. The van der Waals surface area contributed by atoms with E-state index in [4.69, 9.17) is 4.98 Å². The molecule has 1 amide bonds. The molecular formula is C25H24N3OS+. The molecule has 30 heavy (non-hydrogen) atoms. The molecule has 4 nitrogen and oxygen atoms in total. The summed E-state index contributed by atoms with van der Waals surface area (Å²) in [4.78, 5) is 18.9. The van der Waals surface area contributed by atoms with Crippen LogP contribution >= 0.6 is 11.3 Å². The summed E-state index contributed by atoms with van der Waals surface area (Å²) in [5.74, 6) is -0.0754. The van der Waals surface area contributed by atoms with Crippen LogP contribution < -0.4 is 10.2 Å². The van der Waals surface area contributed by atoms with Crippen LogP contribution in [0.1, 0.15) is 39.8 Å². The summed E-state index contributed by atoms with van der Waals surface area (Å²) in [6.07, 6.45) is 2.42. The zero-order chi connectivity index (χ0) is 20.3. The maximum atomic E-state index is 12.5. The molecule has 2 heterocycles. The molecule has 1 fully saturated rings. The quantitative estimate of drug-likeness (QED) is 0.506. The van der Waals surface area contributed by atoms with E-state index in [1.807, 2.05) is 53.8 Å². The lowest BCUT2D eigenvalue weighted by Gasteiger charge is -2.20. The molecule has 0 radical (unpaired) electrons. The summed E-state index contributed by atoms with van der Waals surface area (Å²) >= 11 is 1.83. The van der Waals surface area contributed by atoms with E-state index in [2.05, 4.69) is 41.7 Å². The fraction of sp³-hybridized carbons (Fsp3) is 0.200. The van der Waals surface area contributed by atoms with E-state index < -0.39 is 0 Å². The number of carbonyl (C=O) groups excluding carboxylic acids is 1. The summed E-state index contributed by atoms with van der Waals surface area (Å²) in [6, 6.07) is 26.4. The SMILES string of the molecule is O=C(Nc1ccccc1)c1ccc(C[NH+]2CCC[C@@H]2c2nc3ccccc3s2)cc1. The van der Waals surface area contributed by atoms with Gasteiger partial charge in [0.25, 0.3) is 5.91 Å². The van der Waals surface area contributed by atoms with Gasteiger partial charge in [-0.2, -0.15) is 0 Å². The second-order valence-corrected chi connectivity index (χ2v) is 8.88. The number of aromatic nitrogens is 1. The van der Waals surface area contributed by atoms with E-state index in [1.54, 1.807) is 4.90 Å². The van der Waals surface area contributed by atoms with Crippen molar-refractivity contribution in [1.82, 2.24) is 4.98 Å². The van der Waals surface area contributed by atoms with Crippen LogP contribution in [0.25, 0.3) is 10.2 Å². The van der Waals surface area contributed by atoms with Crippen molar-refractivity contribution < 1.29 is 9.69 Å². The first-order valence-electron chi connectivity index (χ1n) is 10.4. The van der Waals surface area contributed by atoms with Gasteiger partial charge in [0, 0.05) is 29.7 Å². The van der Waals surface area contributed by atoms with Crippen molar-refractivity contribution in [3.8, 4) is 0 Å². The van der Waals surface area contributed by atoms with Gasteiger partial charge in [0.2, 0.25) is 0 Å². The van der Waals surface area contributed by atoms with Gasteiger partial charge in [0.15, 0.2) is 5.01 Å². The molecule has 2 N–H and O–H groups in total. The monoisotopic (exact) mass is 414 g/mol. The summed E-state index contributed by atoms with van der Waals surface area (Å²) < 4.78 is 1.27. The number of benzene rings is 3. The van der Waals surface area contributed by atoms with Crippen LogP contribution in [-0.4, -0.2) is 17.4 Å². The van der Waals surface area contributed by atoms with Crippen molar-refractivity contribution in [3.05, 3.63) is 95.0 Å². The summed E-state index contributed by atoms with van der Waals surface area (Å²) in [6.45, 7) is 2.12. The highest BCUT2D eigenvalue weighted by Gasteiger charge is 2.32. The van der Waals surface area contributed by atoms with Crippen molar-refractivity contribution in [1.29, 1.82) is 0 Å². The van der Waals surface area contributed by atoms with Gasteiger partial charge in [-0.05, 0) is 36.4 Å². The number of carbonyl (C=O) groups is 1. The highest BCUT2D eigenvalue weighted by Crippen LogP contribution is 2.28. The van der Waals surface area contributed by atoms with E-state index in [0.29, 0.717) is 11.6 Å². The van der Waals surface area contributed by atoms with Crippen molar-refractivity contribution in [3.63, 3.8) is 0 Å². The first-order chi connectivity index (χ1) is 14.8. The van der Waals surface area contributed by atoms with Crippen molar-refractivity contribution >= 4 is 33.1 Å². The van der Waals surface area contributed by atoms with Gasteiger partial charge in [-0.25, -0.2) is 4.98 Å². The lowest BCUT2D eigenvalue weighted by atomic mass is 10.1. The lowest BCUT2D eigenvalue weighted by molar-refractivity contribution is -0.932. The van der Waals surface area contributed by atoms with Crippen LogP contribution in [0.5, 0.6) is 0 Å². The second kappa shape index (κ2) is 8.38. The number of thiazole rings is 1. The van der Waals surface area contributed by atoms with Gasteiger partial charge < -0.3 is 10.2 Å². The largest absolute Gasteiger partial charge is 0.323 e. The summed E-state index contributed by atoms with van der Waals surface area (Å²) in [7, 11) is 0. The minimum absolute atomic E-state index is 0.0754. The average Bonchev–Trinajstić information content (AvgIpc) is 3.41. The third kappa shape index (κ3) is 3.99. The van der Waals surface area contributed by atoms with Gasteiger partial charge in [-0.3, -0.25) is 4.79 Å². The van der Waals surface area contributed by atoms with Crippen LogP contribution in [0.2, 0.25) is 0 Å². The Bertz CT molecular complexity index is 1120. The lowest BCUT2D eigenvalue weighted by Crippen LogP contribution is -3.08. The Morgan fingerprint density at radius 1 is 1.00 bits per heavy atom. The zero-order valence-corrected chi connectivity index (χ0v) is 17.5. The molecule has 0 bridgehead atoms. The molecule has 4 aromatic rings. The van der Waals surface area contributed by atoms with Gasteiger partial charge in [-0.1, -0.05) is 42.5 Å². The molecule has 1 unspecified atom stereocenters. The number of nitrogens with zero attached hydrogens (tertiary/aromatic N) is 1. The highest BCUT2D eigenvalue weighted by molar-refractivity contribution is 7.18. The first kappa shape index (κ1) is 19.0. The first-order valence-corrected chi connectivity index (χ1v) is 11.2. The molecule has 0 saturated carbocycles. The minimum Gasteiger partial charge on any atom is -0.323 e. The Balaban J connectivity index is 1.27. The Kier molecular flexibility index (Phi) is 5.30. The molecule has 1 aromatic heterocycles. The molecule has 5 rings (SSSR count). The smallest absolute Gasteiger partial charge is 0.255 e. The highest BCUT2D eigenvalue weighted by atomic mass is 32.1. The molecule has 1 aliphatic rings. The Labute approximate surface area is 180 Å². The maximum Gasteiger partial charge on any atom is 0.255 e. The Morgan fingerprint density at radius 2 is 1.77 bits per heavy atom. The third-order valence-corrected chi connectivity index (χ3v) is 6.92. The van der Waals surface area contributed by atoms with E-state index in [0.717, 1.165) is 24.3 Å². The molecule has 150 valence electrons. The number of rotatable bonds is 5. The number of fused-ring (bicyclic) bond motifs is 1. The van der Waals surface area contributed by atoms with E-state index in [-0.39, 0.29) is 5.91 Å². The van der Waals surface area contributed by atoms with Crippen LogP contribution in [0.4, 0.5) is 5.69 Å². The van der Waals surface area contributed by atoms with Gasteiger partial charge >= 0.3 is 0 Å². The number of nitrogens with one attached hydrogen (secondary N) is 2. The molecule has 5 heteroatoms. The average molecular weight is 415 g/mol. The van der Waals surface area contributed by atoms with Gasteiger partial charge in [0.05, 0.1) is 16.8 Å². The van der Waals surface area contributed by atoms with Gasteiger partial charge in [-0.15, -0.1) is 11.3 Å². The Hall–Kier alpha value is -3.02. The van der Waals surface area contributed by atoms with E-state index in [9.17, 15) is 4.79 Å². The van der Waals surface area contributed by atoms with Gasteiger partial charge in [0.1, 0.15) is 12.6 Å². The summed E-state index contributed by atoms with van der Waals surface area (Å²) in [5, 5.41) is 4.19. The number of hydrogen-bond donors (Lipinski definition) is 2. The van der Waals surface area contributed by atoms with Crippen molar-refractivity contribution in [2.24, 2.45) is 0 Å². The predicted octanol–water partition coefficient (Wildman–Crippen LogP) is 4.47. The fourth-order valence-electron chi connectivity index (χ4n) is 4.22. The zero-order valence-electron chi connectivity index (χ0n) is 16.7. The number of anilines is 1. The molecule has 0 spiro atoms. The van der Waals surface area contributed by atoms with Crippen LogP contribution in [0, 0.1) is 0 Å². The normalized spacial score (nSPS) is 18.5. The predicted molar refractivity (Wildman–Crippen MR) is 122 cm³/mol. The minimum atomic E-state index is -0.0754. The molecule has 2 atom stereocenters. The topological polar surface area (TPSA) is 46.4 Å². The van der Waals surface area contributed by atoms with Crippen LogP contribution in [0.15, 0.2) is 78.9 Å². The standard InChI is InChI=1S/C25H23N3OS/c29-24(26-20-7-2-1-3-8-20)19-14-12-18(13-15-19)17-28-16-6-10-22(28)25-27-21-9-4-5-11-23(21)30-25/h1-5,7-9,11-15,22H,6,10,16-17H2,(H,26,29)/p+1/t22-/m1/s1. The van der Waals surface area contributed by atoms with Crippen molar-refractivity contribution in [2.75, 3.05) is 11.9 Å². The van der Waals surface area contributed by atoms with E-state index >= 15 is 0 Å². The van der Waals surface area contributed by atoms with Crippen molar-refractivity contribution in [2.45, 2.75) is 25.4 Å². The Morgan fingerprint density at radius 3 is 2.57 bits per heavy atom. The number of amides is 1. The maximum absolute atomic E-state index is 12.5. The number of para-hydroxylation sites is 2. The molecule has 0 aliphatic carbocycles. The number of quaternary nitrogens is 1. The molecule has 1 saturated heterocycles. The molecular weight excluding hydrogens is 390 g/mol. The van der Waals surface area contributed by atoms with Crippen LogP contribution in [-0.2, 0) is 6.54 Å². The molecule has 1 aliphatic heterocycles. The third-order valence-electron chi connectivity index (χ3n) is 5.77. The van der Waals surface area contributed by atoms with E-state index in [1.165, 1.54) is 28.1 Å². The number of hydrogen-bond acceptors (Lipinski definition) is 3. The number of likely N-dealkylation sites (tertiary alicyclic amines) is 1. The fourth-order valence-corrected chi connectivity index (χ4v) is 5.38. The summed E-state index contributed by atoms with van der Waals surface area (Å²) in [5.41, 5.74) is 3.86. The van der Waals surface area contributed by atoms with Crippen LogP contribution in [0.3, 0.4) is 0 Å².